The van der Waals surface area contributed by atoms with Gasteiger partial charge in [0, 0.05) is 22.2 Å². The fraction of sp³-hybridized carbons (Fsp3) is 0.133. The van der Waals surface area contributed by atoms with Crippen LogP contribution >= 0.6 is 11.6 Å². The second-order valence-electron chi connectivity index (χ2n) is 4.46. The fourth-order valence-electron chi connectivity index (χ4n) is 1.79. The maximum atomic E-state index is 11.0. The van der Waals surface area contributed by atoms with Crippen LogP contribution in [-0.2, 0) is 6.61 Å². The van der Waals surface area contributed by atoms with Gasteiger partial charge in [-0.1, -0.05) is 17.7 Å². The van der Waals surface area contributed by atoms with Crippen molar-refractivity contribution in [3.63, 3.8) is 0 Å². The lowest BCUT2D eigenvalue weighted by molar-refractivity contribution is 0.1000. The van der Waals surface area contributed by atoms with Gasteiger partial charge in [-0.3, -0.25) is 4.79 Å². The molecule has 0 fully saturated rings. The average Bonchev–Trinajstić information content (AvgIpc) is 2.36. The molecular weight excluding hydrogens is 278 g/mol. The van der Waals surface area contributed by atoms with Gasteiger partial charge in [0.05, 0.1) is 0 Å². The van der Waals surface area contributed by atoms with Crippen LogP contribution in [0.15, 0.2) is 36.4 Å². The number of carbonyl (C=O) groups excluding carboxylic acids is 1. The highest BCUT2D eigenvalue weighted by molar-refractivity contribution is 6.31. The molecule has 104 valence electrons. The molecule has 0 bridgehead atoms. The zero-order valence-corrected chi connectivity index (χ0v) is 11.6. The molecule has 0 aromatic heterocycles. The lowest BCUT2D eigenvalue weighted by Crippen LogP contribution is -2.11. The van der Waals surface area contributed by atoms with Gasteiger partial charge in [0.25, 0.3) is 0 Å². The number of carbonyl (C=O) groups is 1. The first-order valence-electron chi connectivity index (χ1n) is 5.97. The quantitative estimate of drug-likeness (QED) is 0.909. The van der Waals surface area contributed by atoms with E-state index < -0.39 is 5.91 Å². The van der Waals surface area contributed by atoms with E-state index in [-0.39, 0.29) is 12.4 Å². The summed E-state index contributed by atoms with van der Waals surface area (Å²) in [6.45, 7) is 2.10. The molecule has 3 N–H and O–H groups in total. The molecule has 0 spiro atoms. The first-order valence-corrected chi connectivity index (χ1v) is 6.35. The summed E-state index contributed by atoms with van der Waals surface area (Å²) in [5.74, 6) is 0.177. The number of halogens is 1. The highest BCUT2D eigenvalue weighted by Gasteiger charge is 2.07. The second-order valence-corrected chi connectivity index (χ2v) is 4.87. The molecule has 2 aromatic carbocycles. The van der Waals surface area contributed by atoms with E-state index in [0.29, 0.717) is 16.3 Å². The molecule has 1 amide bonds. The Morgan fingerprint density at radius 3 is 2.65 bits per heavy atom. The number of primary amides is 1. The monoisotopic (exact) mass is 291 g/mol. The van der Waals surface area contributed by atoms with E-state index in [1.165, 1.54) is 12.1 Å². The molecule has 0 saturated heterocycles. The van der Waals surface area contributed by atoms with Gasteiger partial charge >= 0.3 is 0 Å². The number of amides is 1. The molecule has 0 aliphatic carbocycles. The summed E-state index contributed by atoms with van der Waals surface area (Å²) in [5.41, 5.74) is 7.16. The minimum atomic E-state index is -0.525. The second kappa shape index (κ2) is 5.84. The number of hydrogen-bond acceptors (Lipinski definition) is 3. The number of aromatic hydroxyl groups is 1. The summed E-state index contributed by atoms with van der Waals surface area (Å²) in [6, 6.07) is 9.78. The molecule has 4 nitrogen and oxygen atoms in total. The third-order valence-electron chi connectivity index (χ3n) is 2.77. The minimum Gasteiger partial charge on any atom is -0.508 e. The van der Waals surface area contributed by atoms with Gasteiger partial charge in [0.2, 0.25) is 5.91 Å². The third kappa shape index (κ3) is 3.42. The Kier molecular flexibility index (Phi) is 4.15. The van der Waals surface area contributed by atoms with Crippen molar-refractivity contribution in [2.45, 2.75) is 13.5 Å². The standard InChI is InChI=1S/C15H14ClNO3/c1-9-4-12(18)7-13(5-9)20-8-11-3-2-10(15(17)19)6-14(11)16/h2-7,18H,8H2,1H3,(H2,17,19). The first-order chi connectivity index (χ1) is 9.45. The van der Waals surface area contributed by atoms with E-state index >= 15 is 0 Å². The SMILES string of the molecule is Cc1cc(O)cc(OCc2ccc(C(N)=O)cc2Cl)c1. The van der Waals surface area contributed by atoms with Gasteiger partial charge in [0.15, 0.2) is 0 Å². The highest BCUT2D eigenvalue weighted by Crippen LogP contribution is 2.24. The van der Waals surface area contributed by atoms with Crippen molar-refractivity contribution in [3.8, 4) is 11.5 Å². The van der Waals surface area contributed by atoms with Crippen molar-refractivity contribution in [1.82, 2.24) is 0 Å². The summed E-state index contributed by atoms with van der Waals surface area (Å²) in [7, 11) is 0. The van der Waals surface area contributed by atoms with E-state index in [9.17, 15) is 9.90 Å². The molecule has 0 aliphatic rings. The Labute approximate surface area is 121 Å². The molecule has 0 atom stereocenters. The van der Waals surface area contributed by atoms with Crippen molar-refractivity contribution < 1.29 is 14.6 Å². The number of phenolic OH excluding ortho intramolecular Hbond substituents is 1. The Balaban J connectivity index is 2.12. The largest absolute Gasteiger partial charge is 0.508 e. The number of hydrogen-bond donors (Lipinski definition) is 2. The molecule has 0 aliphatic heterocycles. The van der Waals surface area contributed by atoms with Crippen LogP contribution in [0.2, 0.25) is 5.02 Å². The third-order valence-corrected chi connectivity index (χ3v) is 3.12. The predicted octanol–water partition coefficient (Wildman–Crippen LogP) is 3.03. The molecule has 0 saturated carbocycles. The number of phenols is 1. The van der Waals surface area contributed by atoms with E-state index in [1.54, 1.807) is 18.2 Å². The van der Waals surface area contributed by atoms with Crippen molar-refractivity contribution in [1.29, 1.82) is 0 Å². The van der Waals surface area contributed by atoms with Gasteiger partial charge < -0.3 is 15.6 Å². The van der Waals surface area contributed by atoms with Crippen LogP contribution in [0.25, 0.3) is 0 Å². The van der Waals surface area contributed by atoms with Crippen LogP contribution in [0.1, 0.15) is 21.5 Å². The lowest BCUT2D eigenvalue weighted by Gasteiger charge is -2.09. The molecule has 0 heterocycles. The maximum absolute atomic E-state index is 11.0. The number of aryl methyl sites for hydroxylation is 1. The van der Waals surface area contributed by atoms with Gasteiger partial charge in [-0.15, -0.1) is 0 Å². The molecule has 0 radical (unpaired) electrons. The molecule has 0 unspecified atom stereocenters. The van der Waals surface area contributed by atoms with Gasteiger partial charge in [0.1, 0.15) is 18.1 Å². The van der Waals surface area contributed by atoms with E-state index in [0.717, 1.165) is 11.1 Å². The van der Waals surface area contributed by atoms with E-state index in [2.05, 4.69) is 0 Å². The minimum absolute atomic E-state index is 0.148. The Hall–Kier alpha value is -2.20. The molecule has 2 rings (SSSR count). The number of nitrogens with two attached hydrogens (primary N) is 1. The molecular formula is C15H14ClNO3. The van der Waals surface area contributed by atoms with Gasteiger partial charge in [-0.05, 0) is 36.8 Å². The Morgan fingerprint density at radius 1 is 1.30 bits per heavy atom. The van der Waals surface area contributed by atoms with Gasteiger partial charge in [-0.25, -0.2) is 0 Å². The number of benzene rings is 2. The topological polar surface area (TPSA) is 72.6 Å². The molecule has 20 heavy (non-hydrogen) atoms. The summed E-state index contributed by atoms with van der Waals surface area (Å²) in [5, 5.41) is 9.90. The number of rotatable bonds is 4. The summed E-state index contributed by atoms with van der Waals surface area (Å²) < 4.78 is 5.57. The summed E-state index contributed by atoms with van der Waals surface area (Å²) in [6.07, 6.45) is 0. The van der Waals surface area contributed by atoms with Crippen LogP contribution in [0.5, 0.6) is 11.5 Å². The Morgan fingerprint density at radius 2 is 2.05 bits per heavy atom. The highest BCUT2D eigenvalue weighted by atomic mass is 35.5. The zero-order valence-electron chi connectivity index (χ0n) is 10.9. The van der Waals surface area contributed by atoms with Crippen molar-refractivity contribution in [2.75, 3.05) is 0 Å². The number of ether oxygens (including phenoxy) is 1. The van der Waals surface area contributed by atoms with Crippen LogP contribution in [0.3, 0.4) is 0 Å². The lowest BCUT2D eigenvalue weighted by atomic mass is 10.1. The Bertz CT molecular complexity index is 635. The molecule has 2 aromatic rings. The average molecular weight is 292 g/mol. The zero-order chi connectivity index (χ0) is 14.7. The van der Waals surface area contributed by atoms with Crippen LogP contribution in [0.4, 0.5) is 0 Å². The normalized spacial score (nSPS) is 10.3. The molecule has 5 heteroatoms. The van der Waals surface area contributed by atoms with Crippen LogP contribution < -0.4 is 10.5 Å². The summed E-state index contributed by atoms with van der Waals surface area (Å²) in [4.78, 5) is 11.0. The van der Waals surface area contributed by atoms with Crippen LogP contribution in [-0.4, -0.2) is 11.0 Å². The fourth-order valence-corrected chi connectivity index (χ4v) is 2.03. The van der Waals surface area contributed by atoms with E-state index in [4.69, 9.17) is 22.1 Å². The van der Waals surface area contributed by atoms with Crippen molar-refractivity contribution >= 4 is 17.5 Å². The van der Waals surface area contributed by atoms with Crippen molar-refractivity contribution in [3.05, 3.63) is 58.1 Å². The first kappa shape index (κ1) is 14.2. The van der Waals surface area contributed by atoms with Gasteiger partial charge in [-0.2, -0.15) is 0 Å². The van der Waals surface area contributed by atoms with Crippen molar-refractivity contribution in [2.24, 2.45) is 5.73 Å². The van der Waals surface area contributed by atoms with E-state index in [1.807, 2.05) is 13.0 Å². The predicted molar refractivity (Wildman–Crippen MR) is 77.1 cm³/mol. The smallest absolute Gasteiger partial charge is 0.248 e. The maximum Gasteiger partial charge on any atom is 0.248 e. The summed E-state index contributed by atoms with van der Waals surface area (Å²) >= 11 is 6.07. The van der Waals surface area contributed by atoms with Crippen LogP contribution in [0, 0.1) is 6.92 Å².